The summed E-state index contributed by atoms with van der Waals surface area (Å²) in [7, 11) is 1.38. The summed E-state index contributed by atoms with van der Waals surface area (Å²) in [5.74, 6) is -1.34. The average molecular weight is 742 g/mol. The highest BCUT2D eigenvalue weighted by atomic mass is 127. The highest BCUT2D eigenvalue weighted by molar-refractivity contribution is 14.1. The third kappa shape index (κ3) is 5.52. The second-order valence-electron chi connectivity index (χ2n) is 8.33. The number of rotatable bonds is 4. The first-order chi connectivity index (χ1) is 18.9. The van der Waals surface area contributed by atoms with Crippen LogP contribution in [0.3, 0.4) is 0 Å². The summed E-state index contributed by atoms with van der Waals surface area (Å²) in [5, 5.41) is 18.3. The van der Waals surface area contributed by atoms with E-state index in [0.717, 1.165) is 23.8 Å². The molecule has 8 nitrogen and oxygen atoms in total. The Bertz CT molecular complexity index is 1820. The van der Waals surface area contributed by atoms with Crippen LogP contribution in [-0.4, -0.2) is 43.4 Å². The monoisotopic (exact) mass is 742 g/mol. The maximum atomic E-state index is 12.1. The summed E-state index contributed by atoms with van der Waals surface area (Å²) >= 11 is 4.39. The third-order valence-corrected chi connectivity index (χ3v) is 7.16. The zero-order chi connectivity index (χ0) is 27.5. The zero-order valence-electron chi connectivity index (χ0n) is 20.5. The van der Waals surface area contributed by atoms with Crippen molar-refractivity contribution in [3.05, 3.63) is 116 Å². The highest BCUT2D eigenvalue weighted by Gasteiger charge is 2.22. The first-order valence-corrected chi connectivity index (χ1v) is 13.8. The molecular weight excluding hydrogens is 722 g/mol. The second kappa shape index (κ2) is 11.5. The molecule has 194 valence electrons. The van der Waals surface area contributed by atoms with E-state index < -0.39 is 5.97 Å². The molecule has 0 saturated heterocycles. The molecule has 0 aliphatic heterocycles. The summed E-state index contributed by atoms with van der Waals surface area (Å²) in [6.07, 6.45) is 3.70. The van der Waals surface area contributed by atoms with Crippen molar-refractivity contribution in [1.82, 2.24) is 19.2 Å². The van der Waals surface area contributed by atoms with Gasteiger partial charge in [-0.2, -0.15) is 10.2 Å². The lowest BCUT2D eigenvalue weighted by Crippen LogP contribution is -2.02. The first kappa shape index (κ1) is 26.8. The van der Waals surface area contributed by atoms with Crippen LogP contribution in [0.2, 0.25) is 0 Å². The Morgan fingerprint density at radius 3 is 1.56 bits per heavy atom. The third-order valence-electron chi connectivity index (χ3n) is 5.88. The SMILES string of the molecule is COC(=O)c1c(-c2ccccc2)nn2cc(I)ccc12.O=C(O)c1c(-c2ccccc2)nn2cc(I)ccc12. The van der Waals surface area contributed by atoms with Gasteiger partial charge in [0, 0.05) is 30.7 Å². The maximum absolute atomic E-state index is 12.1. The molecule has 1 N–H and O–H groups in total. The number of carboxylic acid groups (broad SMARTS) is 1. The second-order valence-corrected chi connectivity index (χ2v) is 10.8. The summed E-state index contributed by atoms with van der Waals surface area (Å²) in [5.41, 5.74) is 4.92. The normalized spacial score (nSPS) is 10.7. The number of carbonyl (C=O) groups excluding carboxylic acids is 1. The molecule has 2 aromatic carbocycles. The Morgan fingerprint density at radius 2 is 1.13 bits per heavy atom. The van der Waals surface area contributed by atoms with Crippen molar-refractivity contribution < 1.29 is 19.4 Å². The van der Waals surface area contributed by atoms with Gasteiger partial charge in [0.05, 0.1) is 18.1 Å². The van der Waals surface area contributed by atoms with Crippen LogP contribution in [0.1, 0.15) is 20.7 Å². The fraction of sp³-hybridized carbons (Fsp3) is 0.0345. The zero-order valence-corrected chi connectivity index (χ0v) is 24.8. The highest BCUT2D eigenvalue weighted by Crippen LogP contribution is 2.28. The molecule has 39 heavy (non-hydrogen) atoms. The fourth-order valence-corrected chi connectivity index (χ4v) is 5.05. The van der Waals surface area contributed by atoms with Gasteiger partial charge >= 0.3 is 11.9 Å². The van der Waals surface area contributed by atoms with Crippen molar-refractivity contribution >= 4 is 68.2 Å². The topological polar surface area (TPSA) is 98.2 Å². The number of hydrogen-bond donors (Lipinski definition) is 1. The Balaban J connectivity index is 0.000000158. The van der Waals surface area contributed by atoms with E-state index in [-0.39, 0.29) is 11.5 Å². The van der Waals surface area contributed by atoms with E-state index in [1.165, 1.54) is 7.11 Å². The van der Waals surface area contributed by atoms with Gasteiger partial charge in [-0.3, -0.25) is 0 Å². The van der Waals surface area contributed by atoms with Gasteiger partial charge < -0.3 is 9.84 Å². The molecule has 0 aliphatic rings. The maximum Gasteiger partial charge on any atom is 0.342 e. The van der Waals surface area contributed by atoms with Gasteiger partial charge in [-0.1, -0.05) is 60.7 Å². The molecule has 4 aromatic heterocycles. The molecule has 0 atom stereocenters. The first-order valence-electron chi connectivity index (χ1n) is 11.7. The molecule has 0 aliphatic carbocycles. The van der Waals surface area contributed by atoms with E-state index in [9.17, 15) is 14.7 Å². The Hall–Kier alpha value is -3.78. The molecule has 0 fully saturated rings. The molecule has 0 amide bonds. The van der Waals surface area contributed by atoms with E-state index in [0.29, 0.717) is 22.5 Å². The van der Waals surface area contributed by atoms with Crippen LogP contribution >= 0.6 is 45.2 Å². The number of benzene rings is 2. The molecule has 0 radical (unpaired) electrons. The predicted octanol–water partition coefficient (Wildman–Crippen LogP) is 6.70. The van der Waals surface area contributed by atoms with Gasteiger partial charge in [0.1, 0.15) is 22.5 Å². The van der Waals surface area contributed by atoms with Gasteiger partial charge in [-0.15, -0.1) is 0 Å². The van der Waals surface area contributed by atoms with Crippen LogP contribution < -0.4 is 0 Å². The van der Waals surface area contributed by atoms with E-state index in [4.69, 9.17) is 4.74 Å². The predicted molar refractivity (Wildman–Crippen MR) is 165 cm³/mol. The molecule has 0 bridgehead atoms. The number of halogens is 2. The lowest BCUT2D eigenvalue weighted by molar-refractivity contribution is 0.0602. The molecule has 0 spiro atoms. The van der Waals surface area contributed by atoms with Gasteiger partial charge in [-0.05, 0) is 69.4 Å². The summed E-state index contributed by atoms with van der Waals surface area (Å²) in [6.45, 7) is 0. The van der Waals surface area contributed by atoms with Crippen molar-refractivity contribution in [3.63, 3.8) is 0 Å². The Morgan fingerprint density at radius 1 is 0.692 bits per heavy atom. The minimum Gasteiger partial charge on any atom is -0.478 e. The number of hydrogen-bond acceptors (Lipinski definition) is 5. The number of carbonyl (C=O) groups is 2. The van der Waals surface area contributed by atoms with Gasteiger partial charge in [0.15, 0.2) is 0 Å². The van der Waals surface area contributed by atoms with Gasteiger partial charge in [0.2, 0.25) is 0 Å². The van der Waals surface area contributed by atoms with Crippen LogP contribution in [0.15, 0.2) is 97.3 Å². The quantitative estimate of drug-likeness (QED) is 0.160. The van der Waals surface area contributed by atoms with E-state index in [1.54, 1.807) is 15.1 Å². The minimum absolute atomic E-state index is 0.239. The Kier molecular flexibility index (Phi) is 7.93. The number of ether oxygens (including phenoxy) is 1. The Labute approximate surface area is 250 Å². The van der Waals surface area contributed by atoms with Crippen molar-refractivity contribution in [2.75, 3.05) is 7.11 Å². The van der Waals surface area contributed by atoms with Crippen molar-refractivity contribution in [1.29, 1.82) is 0 Å². The number of carboxylic acids is 1. The van der Waals surface area contributed by atoms with Crippen molar-refractivity contribution in [2.45, 2.75) is 0 Å². The molecule has 10 heteroatoms. The summed E-state index contributed by atoms with van der Waals surface area (Å²) < 4.78 is 10.3. The molecule has 0 saturated carbocycles. The summed E-state index contributed by atoms with van der Waals surface area (Å²) in [4.78, 5) is 23.6. The number of fused-ring (bicyclic) bond motifs is 2. The van der Waals surface area contributed by atoms with Gasteiger partial charge in [0.25, 0.3) is 0 Å². The van der Waals surface area contributed by atoms with Crippen LogP contribution in [0, 0.1) is 7.14 Å². The standard InChI is InChI=1S/C15H11IN2O2.C14H9IN2O2/c1-20-15(19)13-12-8-7-11(16)9-18(12)17-14(13)10-5-3-2-4-6-10;15-10-6-7-11-12(14(18)19)13(16-17(11)8-10)9-4-2-1-3-5-9/h2-9H,1H3;1-8H,(H,18,19). The van der Waals surface area contributed by atoms with E-state index in [2.05, 4.69) is 55.4 Å². The molecule has 0 unspecified atom stereocenters. The number of esters is 1. The number of methoxy groups -OCH3 is 1. The van der Waals surface area contributed by atoms with Crippen molar-refractivity contribution in [2.24, 2.45) is 0 Å². The average Bonchev–Trinajstić information content (AvgIpc) is 3.52. The lowest BCUT2D eigenvalue weighted by atomic mass is 10.1. The molecular formula is C29H20I2N4O4. The minimum atomic E-state index is -0.963. The smallest absolute Gasteiger partial charge is 0.342 e. The van der Waals surface area contributed by atoms with Crippen molar-refractivity contribution in [3.8, 4) is 22.5 Å². The van der Waals surface area contributed by atoms with Crippen LogP contribution in [0.25, 0.3) is 33.5 Å². The molecule has 6 aromatic rings. The number of nitrogens with zero attached hydrogens (tertiary/aromatic N) is 4. The molecule has 4 heterocycles. The van der Waals surface area contributed by atoms with Crippen LogP contribution in [0.4, 0.5) is 0 Å². The van der Waals surface area contributed by atoms with E-state index in [1.807, 2.05) is 91.3 Å². The largest absolute Gasteiger partial charge is 0.478 e. The number of pyridine rings is 2. The van der Waals surface area contributed by atoms with Crippen LogP contribution in [-0.2, 0) is 4.74 Å². The van der Waals surface area contributed by atoms with E-state index >= 15 is 0 Å². The molecule has 6 rings (SSSR count). The number of aromatic carboxylic acids is 1. The van der Waals surface area contributed by atoms with Crippen LogP contribution in [0.5, 0.6) is 0 Å². The van der Waals surface area contributed by atoms with Gasteiger partial charge in [-0.25, -0.2) is 18.6 Å². The number of aromatic nitrogens is 4. The lowest BCUT2D eigenvalue weighted by Gasteiger charge is -2.01. The fourth-order valence-electron chi connectivity index (χ4n) is 4.16. The summed E-state index contributed by atoms with van der Waals surface area (Å²) in [6, 6.07) is 26.5.